The largest absolute Gasteiger partial charge is 0.338 e. The highest BCUT2D eigenvalue weighted by atomic mass is 35.5. The lowest BCUT2D eigenvalue weighted by Gasteiger charge is -2.08. The van der Waals surface area contributed by atoms with Crippen LogP contribution in [0.4, 0.5) is 10.1 Å². The lowest BCUT2D eigenvalue weighted by molar-refractivity contribution is 0.102. The molecule has 0 fully saturated rings. The zero-order valence-electron chi connectivity index (χ0n) is 15.3. The Morgan fingerprint density at radius 3 is 2.50 bits per heavy atom. The van der Waals surface area contributed by atoms with Crippen LogP contribution in [0.3, 0.4) is 0 Å². The molecule has 28 heavy (non-hydrogen) atoms. The maximum Gasteiger partial charge on any atom is 0.260 e. The summed E-state index contributed by atoms with van der Waals surface area (Å²) in [5.74, 6) is -0.505. The SMILES string of the molecule is Cc1cc2nc(-c3ccc(NC(=O)c4c(F)cccc4Cl)cc3)[nH]c2cc1C. The molecule has 6 heteroatoms. The zero-order chi connectivity index (χ0) is 19.8. The lowest BCUT2D eigenvalue weighted by Crippen LogP contribution is -2.14. The molecule has 1 aromatic heterocycles. The monoisotopic (exact) mass is 393 g/mol. The van der Waals surface area contributed by atoms with Crippen molar-refractivity contribution in [1.29, 1.82) is 0 Å². The van der Waals surface area contributed by atoms with Crippen molar-refractivity contribution in [2.75, 3.05) is 5.32 Å². The molecule has 3 aromatic carbocycles. The number of anilines is 1. The predicted molar refractivity (Wildman–Crippen MR) is 110 cm³/mol. The van der Waals surface area contributed by atoms with E-state index in [0.29, 0.717) is 5.69 Å². The molecule has 0 bridgehead atoms. The van der Waals surface area contributed by atoms with Gasteiger partial charge in [0.25, 0.3) is 5.91 Å². The minimum Gasteiger partial charge on any atom is -0.338 e. The van der Waals surface area contributed by atoms with Crippen LogP contribution in [-0.4, -0.2) is 15.9 Å². The molecule has 0 unspecified atom stereocenters. The van der Waals surface area contributed by atoms with Crippen LogP contribution >= 0.6 is 11.6 Å². The predicted octanol–water partition coefficient (Wildman–Crippen LogP) is 5.89. The first-order valence-corrected chi connectivity index (χ1v) is 9.13. The van der Waals surface area contributed by atoms with Crippen molar-refractivity contribution in [1.82, 2.24) is 9.97 Å². The number of aromatic nitrogens is 2. The summed E-state index contributed by atoms with van der Waals surface area (Å²) in [6.45, 7) is 4.12. The number of rotatable bonds is 3. The van der Waals surface area contributed by atoms with Gasteiger partial charge in [0.05, 0.1) is 21.6 Å². The highest BCUT2D eigenvalue weighted by Crippen LogP contribution is 2.25. The molecule has 0 aliphatic heterocycles. The topological polar surface area (TPSA) is 57.8 Å². The van der Waals surface area contributed by atoms with Gasteiger partial charge in [0, 0.05) is 11.3 Å². The third kappa shape index (κ3) is 3.37. The molecular formula is C22H17ClFN3O. The van der Waals surface area contributed by atoms with E-state index in [9.17, 15) is 9.18 Å². The van der Waals surface area contributed by atoms with Gasteiger partial charge in [-0.3, -0.25) is 4.79 Å². The van der Waals surface area contributed by atoms with Gasteiger partial charge in [-0.05, 0) is 73.5 Å². The highest BCUT2D eigenvalue weighted by molar-refractivity contribution is 6.34. The van der Waals surface area contributed by atoms with E-state index in [0.717, 1.165) is 22.4 Å². The number of fused-ring (bicyclic) bond motifs is 1. The third-order valence-electron chi connectivity index (χ3n) is 4.70. The summed E-state index contributed by atoms with van der Waals surface area (Å²) in [5, 5.41) is 2.74. The fourth-order valence-electron chi connectivity index (χ4n) is 3.03. The van der Waals surface area contributed by atoms with Crippen LogP contribution in [0.2, 0.25) is 5.02 Å². The van der Waals surface area contributed by atoms with Crippen LogP contribution in [0.15, 0.2) is 54.6 Å². The fourth-order valence-corrected chi connectivity index (χ4v) is 3.27. The van der Waals surface area contributed by atoms with E-state index in [2.05, 4.69) is 41.3 Å². The van der Waals surface area contributed by atoms with Gasteiger partial charge in [-0.1, -0.05) is 17.7 Å². The summed E-state index contributed by atoms with van der Waals surface area (Å²) in [5.41, 5.74) is 5.53. The van der Waals surface area contributed by atoms with Gasteiger partial charge in [0.1, 0.15) is 11.6 Å². The standard InChI is InChI=1S/C22H17ClFN3O/c1-12-10-18-19(11-13(12)2)27-21(26-18)14-6-8-15(9-7-14)25-22(28)20-16(23)4-3-5-17(20)24/h3-11H,1-2H3,(H,25,28)(H,26,27). The van der Waals surface area contributed by atoms with E-state index in [1.807, 2.05) is 12.1 Å². The van der Waals surface area contributed by atoms with Crippen molar-refractivity contribution in [3.05, 3.63) is 82.1 Å². The van der Waals surface area contributed by atoms with Crippen molar-refractivity contribution in [3.63, 3.8) is 0 Å². The fraction of sp³-hybridized carbons (Fsp3) is 0.0909. The van der Waals surface area contributed by atoms with Gasteiger partial charge in [-0.25, -0.2) is 9.37 Å². The number of hydrogen-bond donors (Lipinski definition) is 2. The van der Waals surface area contributed by atoms with E-state index in [1.54, 1.807) is 12.1 Å². The second-order valence-corrected chi connectivity index (χ2v) is 7.07. The number of carbonyl (C=O) groups is 1. The van der Waals surface area contributed by atoms with Gasteiger partial charge in [0.2, 0.25) is 0 Å². The van der Waals surface area contributed by atoms with Crippen LogP contribution in [0.25, 0.3) is 22.4 Å². The molecule has 4 rings (SSSR count). The molecule has 0 spiro atoms. The third-order valence-corrected chi connectivity index (χ3v) is 5.02. The molecule has 4 nitrogen and oxygen atoms in total. The van der Waals surface area contributed by atoms with Gasteiger partial charge >= 0.3 is 0 Å². The van der Waals surface area contributed by atoms with Gasteiger partial charge in [-0.15, -0.1) is 0 Å². The highest BCUT2D eigenvalue weighted by Gasteiger charge is 2.16. The van der Waals surface area contributed by atoms with Crippen molar-refractivity contribution < 1.29 is 9.18 Å². The van der Waals surface area contributed by atoms with Crippen LogP contribution < -0.4 is 5.32 Å². The smallest absolute Gasteiger partial charge is 0.260 e. The number of benzene rings is 3. The summed E-state index contributed by atoms with van der Waals surface area (Å²) in [6.07, 6.45) is 0. The van der Waals surface area contributed by atoms with Crippen LogP contribution in [0.1, 0.15) is 21.5 Å². The minimum absolute atomic E-state index is 0.0713. The summed E-state index contributed by atoms with van der Waals surface area (Å²) >= 11 is 5.94. The number of aryl methyl sites for hydroxylation is 2. The van der Waals surface area contributed by atoms with Gasteiger partial charge in [0.15, 0.2) is 0 Å². The molecule has 4 aromatic rings. The summed E-state index contributed by atoms with van der Waals surface area (Å²) < 4.78 is 13.9. The molecular weight excluding hydrogens is 377 g/mol. The number of hydrogen-bond acceptors (Lipinski definition) is 2. The summed E-state index contributed by atoms with van der Waals surface area (Å²) in [6, 6.07) is 15.4. The zero-order valence-corrected chi connectivity index (χ0v) is 16.1. The number of H-pyrrole nitrogens is 1. The Morgan fingerprint density at radius 2 is 1.79 bits per heavy atom. The maximum absolute atomic E-state index is 13.9. The quantitative estimate of drug-likeness (QED) is 0.455. The lowest BCUT2D eigenvalue weighted by atomic mass is 10.1. The molecule has 0 aliphatic rings. The first kappa shape index (κ1) is 18.2. The molecule has 1 heterocycles. The Kier molecular flexibility index (Phi) is 4.61. The number of halogens is 2. The van der Waals surface area contributed by atoms with Gasteiger partial charge < -0.3 is 10.3 Å². The molecule has 0 aliphatic carbocycles. The van der Waals surface area contributed by atoms with E-state index >= 15 is 0 Å². The Morgan fingerprint density at radius 1 is 1.07 bits per heavy atom. The molecule has 140 valence electrons. The van der Waals surface area contributed by atoms with Crippen molar-refractivity contribution in [2.45, 2.75) is 13.8 Å². The molecule has 2 N–H and O–H groups in total. The van der Waals surface area contributed by atoms with Crippen LogP contribution in [-0.2, 0) is 0 Å². The first-order valence-electron chi connectivity index (χ1n) is 8.75. The number of aromatic amines is 1. The van der Waals surface area contributed by atoms with Gasteiger partial charge in [-0.2, -0.15) is 0 Å². The number of nitrogens with one attached hydrogen (secondary N) is 2. The second-order valence-electron chi connectivity index (χ2n) is 6.67. The van der Waals surface area contributed by atoms with E-state index in [1.165, 1.54) is 29.3 Å². The van der Waals surface area contributed by atoms with Crippen molar-refractivity contribution in [2.24, 2.45) is 0 Å². The molecule has 0 atom stereocenters. The Bertz CT molecular complexity index is 1140. The number of imidazole rings is 1. The van der Waals surface area contributed by atoms with Crippen LogP contribution in [0, 0.1) is 19.7 Å². The summed E-state index contributed by atoms with van der Waals surface area (Å²) in [7, 11) is 0. The van der Waals surface area contributed by atoms with Crippen molar-refractivity contribution in [3.8, 4) is 11.4 Å². The Labute approximate surface area is 166 Å². The second kappa shape index (κ2) is 7.09. The van der Waals surface area contributed by atoms with Crippen molar-refractivity contribution >= 4 is 34.2 Å². The average Bonchev–Trinajstić information content (AvgIpc) is 3.05. The van der Waals surface area contributed by atoms with Crippen LogP contribution in [0.5, 0.6) is 0 Å². The first-order chi connectivity index (χ1) is 13.4. The normalized spacial score (nSPS) is 11.0. The minimum atomic E-state index is -0.658. The van der Waals surface area contributed by atoms with E-state index in [4.69, 9.17) is 11.6 Å². The number of carbonyl (C=O) groups excluding carboxylic acids is 1. The molecule has 0 radical (unpaired) electrons. The summed E-state index contributed by atoms with van der Waals surface area (Å²) in [4.78, 5) is 20.3. The maximum atomic E-state index is 13.9. The number of nitrogens with zero attached hydrogens (tertiary/aromatic N) is 1. The Balaban J connectivity index is 1.58. The van der Waals surface area contributed by atoms with E-state index in [-0.39, 0.29) is 10.6 Å². The molecule has 1 amide bonds. The molecule has 0 saturated heterocycles. The van der Waals surface area contributed by atoms with E-state index < -0.39 is 11.7 Å². The Hall–Kier alpha value is -3.18. The average molecular weight is 394 g/mol. The molecule has 0 saturated carbocycles. The number of amides is 1.